The summed E-state index contributed by atoms with van der Waals surface area (Å²) in [5.74, 6) is 0.0675. The fourth-order valence-corrected chi connectivity index (χ4v) is 2.83. The highest BCUT2D eigenvalue weighted by molar-refractivity contribution is 5.95. The van der Waals surface area contributed by atoms with Crippen molar-refractivity contribution in [3.8, 4) is 0 Å². The maximum Gasteiger partial charge on any atom is 0.254 e. The molecule has 0 N–H and O–H groups in total. The van der Waals surface area contributed by atoms with Gasteiger partial charge in [-0.15, -0.1) is 0 Å². The third kappa shape index (κ3) is 4.54. The summed E-state index contributed by atoms with van der Waals surface area (Å²) in [6.07, 6.45) is 2.53. The van der Waals surface area contributed by atoms with Gasteiger partial charge >= 0.3 is 0 Å². The van der Waals surface area contributed by atoms with Gasteiger partial charge < -0.3 is 4.90 Å². The largest absolute Gasteiger partial charge is 0.334 e. The molecule has 3 aromatic rings. The molecule has 0 bridgehead atoms. The van der Waals surface area contributed by atoms with E-state index in [0.717, 1.165) is 28.8 Å². The molecule has 3 heteroatoms. The Morgan fingerprint density at radius 2 is 1.64 bits per heavy atom. The molecule has 2 aromatic carbocycles. The molecule has 3 rings (SSSR count). The minimum absolute atomic E-state index is 0.0675. The van der Waals surface area contributed by atoms with Crippen LogP contribution in [-0.2, 0) is 13.0 Å². The average Bonchev–Trinajstić information content (AvgIpc) is 2.66. The first-order valence-electron chi connectivity index (χ1n) is 8.53. The molecule has 0 aliphatic rings. The molecule has 0 atom stereocenters. The molecular formula is C22H22N2O. The molecule has 126 valence electrons. The number of carbonyl (C=O) groups is 1. The Morgan fingerprint density at radius 3 is 2.36 bits per heavy atom. The van der Waals surface area contributed by atoms with Gasteiger partial charge in [-0.25, -0.2) is 0 Å². The van der Waals surface area contributed by atoms with Crippen LogP contribution in [0, 0.1) is 6.92 Å². The van der Waals surface area contributed by atoms with Gasteiger partial charge in [0, 0.05) is 37.0 Å². The first-order valence-corrected chi connectivity index (χ1v) is 8.53. The normalized spacial score (nSPS) is 10.4. The topological polar surface area (TPSA) is 33.2 Å². The van der Waals surface area contributed by atoms with Crippen molar-refractivity contribution in [2.24, 2.45) is 0 Å². The number of rotatable bonds is 6. The van der Waals surface area contributed by atoms with Crippen LogP contribution in [0.5, 0.6) is 0 Å². The summed E-state index contributed by atoms with van der Waals surface area (Å²) in [6.45, 7) is 3.21. The lowest BCUT2D eigenvalue weighted by Crippen LogP contribution is -2.33. The highest BCUT2D eigenvalue weighted by atomic mass is 16.2. The van der Waals surface area contributed by atoms with Gasteiger partial charge in [0.25, 0.3) is 5.91 Å². The van der Waals surface area contributed by atoms with Gasteiger partial charge in [-0.3, -0.25) is 9.78 Å². The van der Waals surface area contributed by atoms with Crippen LogP contribution in [0.15, 0.2) is 79.0 Å². The summed E-state index contributed by atoms with van der Waals surface area (Å²) in [5.41, 5.74) is 3.89. The Morgan fingerprint density at radius 1 is 0.920 bits per heavy atom. The van der Waals surface area contributed by atoms with Crippen molar-refractivity contribution in [3.63, 3.8) is 0 Å². The van der Waals surface area contributed by atoms with Crippen molar-refractivity contribution >= 4 is 5.91 Å². The van der Waals surface area contributed by atoms with E-state index in [-0.39, 0.29) is 5.91 Å². The lowest BCUT2D eigenvalue weighted by Gasteiger charge is -2.23. The molecule has 0 unspecified atom stereocenters. The molecule has 0 saturated carbocycles. The number of benzene rings is 2. The molecule has 3 nitrogen and oxygen atoms in total. The number of amides is 1. The van der Waals surface area contributed by atoms with Crippen molar-refractivity contribution in [2.75, 3.05) is 6.54 Å². The van der Waals surface area contributed by atoms with Crippen LogP contribution in [0.2, 0.25) is 0 Å². The maximum absolute atomic E-state index is 13.1. The predicted octanol–water partition coefficient (Wildman–Crippen LogP) is 4.28. The lowest BCUT2D eigenvalue weighted by molar-refractivity contribution is 0.0744. The molecule has 1 amide bonds. The standard InChI is InChI=1S/C22H22N2O/c1-18-9-5-6-13-21(18)22(25)24(17-19-10-3-2-4-11-19)16-14-20-12-7-8-15-23-20/h2-13,15H,14,16-17H2,1H3. The van der Waals surface area contributed by atoms with E-state index in [1.165, 1.54) is 0 Å². The van der Waals surface area contributed by atoms with E-state index >= 15 is 0 Å². The number of pyridine rings is 1. The van der Waals surface area contributed by atoms with Crippen LogP contribution < -0.4 is 0 Å². The quantitative estimate of drug-likeness (QED) is 0.676. The first-order chi connectivity index (χ1) is 12.2. The summed E-state index contributed by atoms with van der Waals surface area (Å²) >= 11 is 0. The summed E-state index contributed by atoms with van der Waals surface area (Å²) in [4.78, 5) is 19.4. The number of aromatic nitrogens is 1. The van der Waals surface area contributed by atoms with Gasteiger partial charge in [0.1, 0.15) is 0 Å². The van der Waals surface area contributed by atoms with Crippen LogP contribution in [-0.4, -0.2) is 22.3 Å². The Labute approximate surface area is 149 Å². The van der Waals surface area contributed by atoms with Crippen LogP contribution in [0.4, 0.5) is 0 Å². The monoisotopic (exact) mass is 330 g/mol. The molecular weight excluding hydrogens is 308 g/mol. The minimum atomic E-state index is 0.0675. The van der Waals surface area contributed by atoms with Crippen LogP contribution in [0.1, 0.15) is 27.2 Å². The third-order valence-electron chi connectivity index (χ3n) is 4.24. The van der Waals surface area contributed by atoms with E-state index in [0.29, 0.717) is 13.1 Å². The second-order valence-corrected chi connectivity index (χ2v) is 6.10. The summed E-state index contributed by atoms with van der Waals surface area (Å²) in [7, 11) is 0. The van der Waals surface area contributed by atoms with Crippen molar-refractivity contribution in [1.82, 2.24) is 9.88 Å². The highest BCUT2D eigenvalue weighted by Crippen LogP contribution is 2.14. The van der Waals surface area contributed by atoms with E-state index < -0.39 is 0 Å². The predicted molar refractivity (Wildman–Crippen MR) is 100 cm³/mol. The number of hydrogen-bond donors (Lipinski definition) is 0. The van der Waals surface area contributed by atoms with E-state index in [2.05, 4.69) is 17.1 Å². The summed E-state index contributed by atoms with van der Waals surface area (Å²) in [5, 5.41) is 0. The SMILES string of the molecule is Cc1ccccc1C(=O)N(CCc1ccccn1)Cc1ccccc1. The molecule has 0 aliphatic carbocycles. The smallest absolute Gasteiger partial charge is 0.254 e. The molecule has 0 fully saturated rings. The van der Waals surface area contributed by atoms with E-state index in [9.17, 15) is 4.79 Å². The van der Waals surface area contributed by atoms with Gasteiger partial charge in [-0.1, -0.05) is 54.6 Å². The van der Waals surface area contributed by atoms with Crippen LogP contribution in [0.25, 0.3) is 0 Å². The molecule has 0 radical (unpaired) electrons. The van der Waals surface area contributed by atoms with Crippen molar-refractivity contribution < 1.29 is 4.79 Å². The maximum atomic E-state index is 13.1. The zero-order valence-corrected chi connectivity index (χ0v) is 14.4. The van der Waals surface area contributed by atoms with Crippen molar-refractivity contribution in [3.05, 3.63) is 101 Å². The van der Waals surface area contributed by atoms with Crippen molar-refractivity contribution in [2.45, 2.75) is 19.9 Å². The van der Waals surface area contributed by atoms with Gasteiger partial charge in [0.15, 0.2) is 0 Å². The van der Waals surface area contributed by atoms with Crippen LogP contribution >= 0.6 is 0 Å². The van der Waals surface area contributed by atoms with E-state index in [4.69, 9.17) is 0 Å². The number of carbonyl (C=O) groups excluding carboxylic acids is 1. The fraction of sp³-hybridized carbons (Fsp3) is 0.182. The Kier molecular flexibility index (Phi) is 5.57. The van der Waals surface area contributed by atoms with Gasteiger partial charge in [-0.05, 0) is 36.2 Å². The molecule has 1 aromatic heterocycles. The van der Waals surface area contributed by atoms with Gasteiger partial charge in [0.05, 0.1) is 0 Å². The zero-order chi connectivity index (χ0) is 17.5. The number of nitrogens with zero attached hydrogens (tertiary/aromatic N) is 2. The molecule has 0 aliphatic heterocycles. The highest BCUT2D eigenvalue weighted by Gasteiger charge is 2.17. The molecule has 0 saturated heterocycles. The number of hydrogen-bond acceptors (Lipinski definition) is 2. The Balaban J connectivity index is 1.80. The summed E-state index contributed by atoms with van der Waals surface area (Å²) in [6, 6.07) is 23.7. The van der Waals surface area contributed by atoms with Crippen molar-refractivity contribution in [1.29, 1.82) is 0 Å². The fourth-order valence-electron chi connectivity index (χ4n) is 2.83. The van der Waals surface area contributed by atoms with E-state index in [1.807, 2.05) is 72.5 Å². The molecule has 1 heterocycles. The lowest BCUT2D eigenvalue weighted by atomic mass is 10.1. The second-order valence-electron chi connectivity index (χ2n) is 6.10. The van der Waals surface area contributed by atoms with Gasteiger partial charge in [0.2, 0.25) is 0 Å². The average molecular weight is 330 g/mol. The second kappa shape index (κ2) is 8.25. The zero-order valence-electron chi connectivity index (χ0n) is 14.4. The van der Waals surface area contributed by atoms with E-state index in [1.54, 1.807) is 6.20 Å². The third-order valence-corrected chi connectivity index (χ3v) is 4.24. The Bertz CT molecular complexity index is 816. The minimum Gasteiger partial charge on any atom is -0.334 e. The van der Waals surface area contributed by atoms with Gasteiger partial charge in [-0.2, -0.15) is 0 Å². The molecule has 25 heavy (non-hydrogen) atoms. The van der Waals surface area contributed by atoms with Crippen LogP contribution in [0.3, 0.4) is 0 Å². The number of aryl methyl sites for hydroxylation is 1. The first kappa shape index (κ1) is 16.9. The summed E-state index contributed by atoms with van der Waals surface area (Å²) < 4.78 is 0. The molecule has 0 spiro atoms. The Hall–Kier alpha value is -2.94.